The van der Waals surface area contributed by atoms with Crippen LogP contribution < -0.4 is 10.2 Å². The van der Waals surface area contributed by atoms with Gasteiger partial charge in [0.15, 0.2) is 5.13 Å². The average Bonchev–Trinajstić information content (AvgIpc) is 3.12. The lowest BCUT2D eigenvalue weighted by Crippen LogP contribution is -2.48. The topological polar surface area (TPSA) is 82.6 Å². The Hall–Kier alpha value is -2.75. The summed E-state index contributed by atoms with van der Waals surface area (Å²) in [5, 5.41) is 3.46. The van der Waals surface area contributed by atoms with Gasteiger partial charge in [0.25, 0.3) is 5.91 Å². The first-order valence-corrected chi connectivity index (χ1v) is 14.0. The fourth-order valence-corrected chi connectivity index (χ4v) is 7.04. The number of hydrogen-bond donors (Lipinski definition) is 1. The van der Waals surface area contributed by atoms with E-state index in [1.165, 1.54) is 33.0 Å². The van der Waals surface area contributed by atoms with Crippen molar-refractivity contribution in [2.75, 3.05) is 36.4 Å². The Morgan fingerprint density at radius 3 is 2.47 bits per heavy atom. The third-order valence-corrected chi connectivity index (χ3v) is 9.38. The van der Waals surface area contributed by atoms with Gasteiger partial charge in [0, 0.05) is 42.3 Å². The number of nitrogens with zero attached hydrogens (tertiary/aromatic N) is 3. The normalized spacial score (nSPS) is 17.1. The van der Waals surface area contributed by atoms with E-state index >= 15 is 0 Å². The summed E-state index contributed by atoms with van der Waals surface area (Å²) < 4.78 is 28.1. The first-order valence-electron chi connectivity index (χ1n) is 11.7. The molecule has 1 saturated heterocycles. The molecule has 0 saturated carbocycles. The minimum Gasteiger partial charge on any atom is -0.369 e. The molecule has 1 fully saturated rings. The van der Waals surface area contributed by atoms with Crippen LogP contribution in [-0.2, 0) is 22.9 Å². The summed E-state index contributed by atoms with van der Waals surface area (Å²) >= 11 is 1.53. The summed E-state index contributed by atoms with van der Waals surface area (Å²) in [7, 11) is -3.69. The zero-order valence-corrected chi connectivity index (χ0v) is 20.6. The van der Waals surface area contributed by atoms with Gasteiger partial charge in [-0.3, -0.25) is 10.1 Å². The number of amides is 1. The van der Waals surface area contributed by atoms with Gasteiger partial charge in [-0.15, -0.1) is 11.3 Å². The van der Waals surface area contributed by atoms with Gasteiger partial charge < -0.3 is 4.90 Å². The van der Waals surface area contributed by atoms with Gasteiger partial charge in [0.2, 0.25) is 10.0 Å². The average molecular weight is 497 g/mol. The Bertz CT molecular complexity index is 1240. The Labute approximate surface area is 204 Å². The lowest BCUT2D eigenvalue weighted by molar-refractivity contribution is 0.102. The lowest BCUT2D eigenvalue weighted by Gasteiger charge is -2.35. The number of carbonyl (C=O) groups is 1. The van der Waals surface area contributed by atoms with Crippen LogP contribution in [0, 0.1) is 0 Å². The van der Waals surface area contributed by atoms with Crippen molar-refractivity contribution in [3.63, 3.8) is 0 Å². The zero-order valence-electron chi connectivity index (χ0n) is 18.9. The monoisotopic (exact) mass is 496 g/mol. The maximum absolute atomic E-state index is 13.3. The highest BCUT2D eigenvalue weighted by molar-refractivity contribution is 7.89. The van der Waals surface area contributed by atoms with Crippen LogP contribution in [0.2, 0.25) is 0 Å². The summed E-state index contributed by atoms with van der Waals surface area (Å²) in [5.74, 6) is -0.338. The summed E-state index contributed by atoms with van der Waals surface area (Å²) in [5.41, 5.74) is 2.50. The highest BCUT2D eigenvalue weighted by atomic mass is 32.2. The number of piperazine rings is 1. The minimum atomic E-state index is -3.69. The Kier molecular flexibility index (Phi) is 6.67. The van der Waals surface area contributed by atoms with E-state index in [0.717, 1.165) is 37.1 Å². The largest absolute Gasteiger partial charge is 0.369 e. The molecule has 1 aromatic heterocycles. The molecule has 0 spiro atoms. The number of anilines is 2. The number of nitrogens with one attached hydrogen (secondary N) is 1. The molecule has 0 bridgehead atoms. The fraction of sp³-hybridized carbons (Fsp3) is 0.360. The summed E-state index contributed by atoms with van der Waals surface area (Å²) in [6, 6.07) is 16.3. The smallest absolute Gasteiger partial charge is 0.257 e. The molecule has 1 aliphatic heterocycles. The van der Waals surface area contributed by atoms with Gasteiger partial charge in [-0.1, -0.05) is 30.7 Å². The van der Waals surface area contributed by atoms with Crippen molar-refractivity contribution in [2.45, 2.75) is 37.0 Å². The van der Waals surface area contributed by atoms with Crippen LogP contribution in [0.25, 0.3) is 0 Å². The molecular formula is C25H28N4O3S2. The molecule has 2 heterocycles. The fourth-order valence-electron chi connectivity index (χ4n) is 4.52. The van der Waals surface area contributed by atoms with Crippen LogP contribution in [0.15, 0.2) is 59.5 Å². The number of aryl methyl sites for hydroxylation is 2. The third-order valence-electron chi connectivity index (χ3n) is 6.41. The molecule has 0 unspecified atom stereocenters. The molecule has 1 N–H and O–H groups in total. The van der Waals surface area contributed by atoms with Crippen molar-refractivity contribution in [3.05, 3.63) is 70.7 Å². The summed E-state index contributed by atoms with van der Waals surface area (Å²) in [4.78, 5) is 21.1. The molecule has 0 radical (unpaired) electrons. The zero-order chi connectivity index (χ0) is 23.5. The van der Waals surface area contributed by atoms with Crippen molar-refractivity contribution in [3.8, 4) is 0 Å². The van der Waals surface area contributed by atoms with Crippen LogP contribution >= 0.6 is 11.3 Å². The number of para-hydroxylation sites is 1. The summed E-state index contributed by atoms with van der Waals surface area (Å²) in [6.07, 6.45) is 5.46. The molecule has 1 aliphatic carbocycles. The molecule has 3 aromatic rings. The number of thiazole rings is 1. The van der Waals surface area contributed by atoms with Crippen molar-refractivity contribution in [1.29, 1.82) is 0 Å². The lowest BCUT2D eigenvalue weighted by atomic mass is 10.2. The minimum absolute atomic E-state index is 0.142. The number of sulfonamides is 1. The molecular weight excluding hydrogens is 468 g/mol. The van der Waals surface area contributed by atoms with Crippen molar-refractivity contribution in [2.24, 2.45) is 0 Å². The molecule has 7 nitrogen and oxygen atoms in total. The van der Waals surface area contributed by atoms with Gasteiger partial charge in [0.1, 0.15) is 0 Å². The second kappa shape index (κ2) is 9.85. The van der Waals surface area contributed by atoms with E-state index < -0.39 is 10.0 Å². The van der Waals surface area contributed by atoms with E-state index in [2.05, 4.69) is 15.2 Å². The van der Waals surface area contributed by atoms with E-state index in [1.54, 1.807) is 18.2 Å². The molecule has 2 aromatic carbocycles. The second-order valence-corrected chi connectivity index (χ2v) is 11.7. The predicted octanol–water partition coefficient (Wildman–Crippen LogP) is 4.18. The molecule has 2 aliphatic rings. The molecule has 0 atom stereocenters. The van der Waals surface area contributed by atoms with E-state index in [-0.39, 0.29) is 10.8 Å². The highest BCUT2D eigenvalue weighted by Crippen LogP contribution is 2.29. The first-order chi connectivity index (χ1) is 16.5. The quantitative estimate of drug-likeness (QED) is 0.536. The molecule has 1 amide bonds. The van der Waals surface area contributed by atoms with Gasteiger partial charge in [-0.25, -0.2) is 13.4 Å². The summed E-state index contributed by atoms with van der Waals surface area (Å²) in [6.45, 7) is 2.05. The number of fused-ring (bicyclic) bond motifs is 1. The van der Waals surface area contributed by atoms with Gasteiger partial charge in [-0.2, -0.15) is 4.31 Å². The number of rotatable bonds is 5. The van der Waals surface area contributed by atoms with Crippen LogP contribution in [0.3, 0.4) is 0 Å². The van der Waals surface area contributed by atoms with E-state index in [9.17, 15) is 13.2 Å². The predicted molar refractivity (Wildman–Crippen MR) is 135 cm³/mol. The Balaban J connectivity index is 1.27. The SMILES string of the molecule is O=C(Nc1nc2c(s1)CCCCC2)c1cccc(S(=O)(=O)N2CCN(c3ccccc3)CC2)c1. The van der Waals surface area contributed by atoms with Crippen LogP contribution in [0.1, 0.15) is 40.2 Å². The maximum Gasteiger partial charge on any atom is 0.257 e. The van der Waals surface area contributed by atoms with Crippen molar-refractivity contribution in [1.82, 2.24) is 9.29 Å². The Morgan fingerprint density at radius 2 is 1.68 bits per heavy atom. The van der Waals surface area contributed by atoms with E-state index in [1.807, 2.05) is 30.3 Å². The molecule has 9 heteroatoms. The first kappa shape index (κ1) is 23.0. The number of hydrogen-bond acceptors (Lipinski definition) is 6. The highest BCUT2D eigenvalue weighted by Gasteiger charge is 2.29. The van der Waals surface area contributed by atoms with Crippen LogP contribution in [-0.4, -0.2) is 49.8 Å². The standard InChI is InChI=1S/C25H28N4O3S2/c30-24(27-25-26-22-12-5-2-6-13-23(22)33-25)19-8-7-11-21(18-19)34(31,32)29-16-14-28(15-17-29)20-9-3-1-4-10-20/h1,3-4,7-11,18H,2,5-6,12-17H2,(H,26,27,30). The number of benzene rings is 2. The molecule has 178 valence electrons. The second-order valence-electron chi connectivity index (χ2n) is 8.66. The van der Waals surface area contributed by atoms with Crippen LogP contribution in [0.5, 0.6) is 0 Å². The number of aromatic nitrogens is 1. The van der Waals surface area contributed by atoms with Gasteiger partial charge >= 0.3 is 0 Å². The van der Waals surface area contributed by atoms with Crippen molar-refractivity contribution >= 4 is 38.1 Å². The van der Waals surface area contributed by atoms with Crippen LogP contribution in [0.4, 0.5) is 10.8 Å². The van der Waals surface area contributed by atoms with E-state index in [0.29, 0.717) is 36.9 Å². The van der Waals surface area contributed by atoms with E-state index in [4.69, 9.17) is 0 Å². The maximum atomic E-state index is 13.3. The van der Waals surface area contributed by atoms with Gasteiger partial charge in [-0.05, 0) is 56.0 Å². The Morgan fingerprint density at radius 1 is 0.912 bits per heavy atom. The van der Waals surface area contributed by atoms with Gasteiger partial charge in [0.05, 0.1) is 10.6 Å². The third kappa shape index (κ3) is 4.87. The number of carbonyl (C=O) groups excluding carboxylic acids is 1. The molecule has 34 heavy (non-hydrogen) atoms. The van der Waals surface area contributed by atoms with Crippen molar-refractivity contribution < 1.29 is 13.2 Å². The molecule has 5 rings (SSSR count).